The molecule has 7 nitrogen and oxygen atoms in total. The second-order valence-corrected chi connectivity index (χ2v) is 5.65. The molecule has 0 unspecified atom stereocenters. The maximum atomic E-state index is 14.4. The van der Waals surface area contributed by atoms with Gasteiger partial charge in [0, 0.05) is 19.0 Å². The van der Waals surface area contributed by atoms with Crippen LogP contribution in [0.2, 0.25) is 0 Å². The summed E-state index contributed by atoms with van der Waals surface area (Å²) in [5.74, 6) is -0.704. The van der Waals surface area contributed by atoms with Crippen LogP contribution in [0, 0.1) is 5.95 Å². The maximum Gasteiger partial charge on any atom is 0.256 e. The van der Waals surface area contributed by atoms with E-state index < -0.39 is 11.9 Å². The van der Waals surface area contributed by atoms with Gasteiger partial charge in [-0.2, -0.15) is 9.49 Å². The third-order valence-electron chi connectivity index (χ3n) is 3.45. The SMILES string of the molecule is CC(C)Nc1ccc(-c2nn3c(c2C(N)=O)OCCC3)c(F)n1. The predicted octanol–water partition coefficient (Wildman–Crippen LogP) is 1.79. The van der Waals surface area contributed by atoms with Crippen molar-refractivity contribution in [2.75, 3.05) is 11.9 Å². The maximum absolute atomic E-state index is 14.4. The Balaban J connectivity index is 2.08. The predicted molar refractivity (Wildman–Crippen MR) is 82.8 cm³/mol. The Labute approximate surface area is 132 Å². The molecule has 0 saturated heterocycles. The number of amides is 1. The number of rotatable bonds is 4. The Kier molecular flexibility index (Phi) is 3.89. The number of nitrogens with one attached hydrogen (secondary N) is 1. The average Bonchev–Trinajstić information content (AvgIpc) is 2.85. The minimum absolute atomic E-state index is 0.0926. The van der Waals surface area contributed by atoms with Crippen molar-refractivity contribution in [1.29, 1.82) is 0 Å². The number of carbonyl (C=O) groups is 1. The summed E-state index contributed by atoms with van der Waals surface area (Å²) >= 11 is 0. The van der Waals surface area contributed by atoms with E-state index in [0.29, 0.717) is 24.8 Å². The Morgan fingerprint density at radius 1 is 1.48 bits per heavy atom. The molecule has 1 amide bonds. The topological polar surface area (TPSA) is 95.1 Å². The van der Waals surface area contributed by atoms with Gasteiger partial charge in [0.05, 0.1) is 12.2 Å². The highest BCUT2D eigenvalue weighted by atomic mass is 19.1. The summed E-state index contributed by atoms with van der Waals surface area (Å²) in [5.41, 5.74) is 5.82. The molecule has 8 heteroatoms. The molecule has 0 radical (unpaired) electrons. The Bertz CT molecular complexity index is 757. The summed E-state index contributed by atoms with van der Waals surface area (Å²) in [6, 6.07) is 3.30. The number of fused-ring (bicyclic) bond motifs is 1. The summed E-state index contributed by atoms with van der Waals surface area (Å²) in [6.45, 7) is 4.93. The lowest BCUT2D eigenvalue weighted by atomic mass is 10.1. The van der Waals surface area contributed by atoms with E-state index in [1.807, 2.05) is 13.8 Å². The van der Waals surface area contributed by atoms with Crippen LogP contribution in [-0.4, -0.2) is 33.3 Å². The molecule has 2 aromatic rings. The number of halogens is 1. The van der Waals surface area contributed by atoms with E-state index in [1.54, 1.807) is 10.7 Å². The number of primary amides is 1. The standard InChI is InChI=1S/C15H18FN5O2/c1-8(2)18-10-5-4-9(13(16)19-10)12-11(14(17)22)15-21(20-12)6-3-7-23-15/h4-5,8H,3,6-7H2,1-2H3,(H2,17,22)(H,18,19). The van der Waals surface area contributed by atoms with Gasteiger partial charge in [-0.15, -0.1) is 0 Å². The van der Waals surface area contributed by atoms with Crippen molar-refractivity contribution in [1.82, 2.24) is 14.8 Å². The lowest BCUT2D eigenvalue weighted by Gasteiger charge is -2.14. The van der Waals surface area contributed by atoms with Gasteiger partial charge in [0.25, 0.3) is 5.91 Å². The van der Waals surface area contributed by atoms with Crippen LogP contribution in [-0.2, 0) is 6.54 Å². The molecule has 0 aromatic carbocycles. The molecule has 0 spiro atoms. The largest absolute Gasteiger partial charge is 0.477 e. The molecule has 0 bridgehead atoms. The van der Waals surface area contributed by atoms with Crippen molar-refractivity contribution in [3.05, 3.63) is 23.6 Å². The number of nitrogens with two attached hydrogens (primary N) is 1. The van der Waals surface area contributed by atoms with E-state index in [2.05, 4.69) is 15.4 Å². The summed E-state index contributed by atoms with van der Waals surface area (Å²) in [6.07, 6.45) is 0.768. The number of hydrogen-bond acceptors (Lipinski definition) is 5. The van der Waals surface area contributed by atoms with Crippen molar-refractivity contribution >= 4 is 11.7 Å². The van der Waals surface area contributed by atoms with Gasteiger partial charge in [0.2, 0.25) is 11.8 Å². The fourth-order valence-corrected chi connectivity index (χ4v) is 2.53. The fourth-order valence-electron chi connectivity index (χ4n) is 2.53. The molecule has 0 saturated carbocycles. The normalized spacial score (nSPS) is 13.6. The summed E-state index contributed by atoms with van der Waals surface area (Å²) in [5, 5.41) is 7.30. The van der Waals surface area contributed by atoms with Crippen molar-refractivity contribution in [3.8, 4) is 17.1 Å². The van der Waals surface area contributed by atoms with Gasteiger partial charge in [-0.05, 0) is 26.0 Å². The number of hydrogen-bond donors (Lipinski definition) is 2. The van der Waals surface area contributed by atoms with E-state index in [0.717, 1.165) is 6.42 Å². The number of nitrogens with zero attached hydrogens (tertiary/aromatic N) is 3. The number of aryl methyl sites for hydroxylation is 1. The van der Waals surface area contributed by atoms with Crippen LogP contribution in [0.3, 0.4) is 0 Å². The van der Waals surface area contributed by atoms with Crippen LogP contribution in [0.15, 0.2) is 12.1 Å². The van der Waals surface area contributed by atoms with Crippen LogP contribution >= 0.6 is 0 Å². The minimum atomic E-state index is -0.714. The van der Waals surface area contributed by atoms with Gasteiger partial charge in [-0.3, -0.25) is 4.79 Å². The molecule has 3 rings (SSSR count). The van der Waals surface area contributed by atoms with Gasteiger partial charge >= 0.3 is 0 Å². The van der Waals surface area contributed by atoms with Crippen LogP contribution in [0.4, 0.5) is 10.2 Å². The molecule has 3 N–H and O–H groups in total. The third-order valence-corrected chi connectivity index (χ3v) is 3.45. The zero-order chi connectivity index (χ0) is 16.6. The minimum Gasteiger partial charge on any atom is -0.477 e. The summed E-state index contributed by atoms with van der Waals surface area (Å²) in [7, 11) is 0. The molecule has 122 valence electrons. The molecule has 0 atom stereocenters. The molecule has 23 heavy (non-hydrogen) atoms. The lowest BCUT2D eigenvalue weighted by molar-refractivity contribution is 0.0994. The van der Waals surface area contributed by atoms with Gasteiger partial charge in [0.1, 0.15) is 17.1 Å². The lowest BCUT2D eigenvalue weighted by Crippen LogP contribution is -2.18. The Morgan fingerprint density at radius 2 is 2.26 bits per heavy atom. The molecule has 0 aliphatic carbocycles. The number of pyridine rings is 1. The average molecular weight is 319 g/mol. The van der Waals surface area contributed by atoms with Crippen LogP contribution in [0.1, 0.15) is 30.6 Å². The number of ether oxygens (including phenoxy) is 1. The van der Waals surface area contributed by atoms with Crippen LogP contribution < -0.4 is 15.8 Å². The van der Waals surface area contributed by atoms with E-state index in [-0.39, 0.29) is 22.9 Å². The van der Waals surface area contributed by atoms with Crippen LogP contribution in [0.25, 0.3) is 11.3 Å². The molecule has 2 aromatic heterocycles. The van der Waals surface area contributed by atoms with Crippen LogP contribution in [0.5, 0.6) is 5.88 Å². The smallest absolute Gasteiger partial charge is 0.256 e. The summed E-state index contributed by atoms with van der Waals surface area (Å²) < 4.78 is 21.4. The van der Waals surface area contributed by atoms with E-state index in [1.165, 1.54) is 6.07 Å². The fraction of sp³-hybridized carbons (Fsp3) is 0.400. The second kappa shape index (κ2) is 5.86. The zero-order valence-electron chi connectivity index (χ0n) is 13.0. The van der Waals surface area contributed by atoms with E-state index >= 15 is 0 Å². The zero-order valence-corrected chi connectivity index (χ0v) is 13.0. The number of carbonyl (C=O) groups excluding carboxylic acids is 1. The van der Waals surface area contributed by atoms with Crippen molar-refractivity contribution in [2.24, 2.45) is 5.73 Å². The van der Waals surface area contributed by atoms with Gasteiger partial charge in [-0.25, -0.2) is 9.67 Å². The van der Waals surface area contributed by atoms with Crippen molar-refractivity contribution in [3.63, 3.8) is 0 Å². The Hall–Kier alpha value is -2.64. The van der Waals surface area contributed by atoms with Gasteiger partial charge in [-0.1, -0.05) is 0 Å². The number of anilines is 1. The summed E-state index contributed by atoms with van der Waals surface area (Å²) in [4.78, 5) is 15.7. The molecule has 1 aliphatic rings. The van der Waals surface area contributed by atoms with E-state index in [9.17, 15) is 9.18 Å². The monoisotopic (exact) mass is 319 g/mol. The first-order valence-electron chi connectivity index (χ1n) is 7.44. The third kappa shape index (κ3) is 2.84. The molecular formula is C15H18FN5O2. The molecule has 3 heterocycles. The highest BCUT2D eigenvalue weighted by Crippen LogP contribution is 2.33. The van der Waals surface area contributed by atoms with Crippen molar-refractivity contribution < 1.29 is 13.9 Å². The molecule has 0 fully saturated rings. The highest BCUT2D eigenvalue weighted by Gasteiger charge is 2.28. The molecule has 1 aliphatic heterocycles. The quantitative estimate of drug-likeness (QED) is 0.838. The highest BCUT2D eigenvalue weighted by molar-refractivity contribution is 6.01. The van der Waals surface area contributed by atoms with Gasteiger partial charge < -0.3 is 15.8 Å². The van der Waals surface area contributed by atoms with E-state index in [4.69, 9.17) is 10.5 Å². The van der Waals surface area contributed by atoms with Gasteiger partial charge in [0.15, 0.2) is 0 Å². The molecular weight excluding hydrogens is 301 g/mol. The first-order chi connectivity index (χ1) is 11.0. The first kappa shape index (κ1) is 15.3. The Morgan fingerprint density at radius 3 is 2.91 bits per heavy atom. The first-order valence-corrected chi connectivity index (χ1v) is 7.44. The second-order valence-electron chi connectivity index (χ2n) is 5.65. The van der Waals surface area contributed by atoms with Crippen molar-refractivity contribution in [2.45, 2.75) is 32.9 Å². The number of aromatic nitrogens is 3.